The van der Waals surface area contributed by atoms with Gasteiger partial charge in [0.2, 0.25) is 0 Å². The molecule has 0 fully saturated rings. The molecule has 0 radical (unpaired) electrons. The van der Waals surface area contributed by atoms with E-state index in [0.29, 0.717) is 17.1 Å². The molecule has 0 saturated heterocycles. The fourth-order valence-electron chi connectivity index (χ4n) is 3.12. The standard InChI is InChI=1S/C25H17NO6/c27-24(19-9-8-17-4-1-2-5-18(17)14-19)16-31-25(28)20-6-3-7-23(15-20)32-22-12-10-21(11-13-22)26(29)30/h1-15H,16H2. The minimum absolute atomic E-state index is 0.0502. The van der Waals surface area contributed by atoms with Crippen molar-refractivity contribution < 1.29 is 24.0 Å². The van der Waals surface area contributed by atoms with E-state index in [9.17, 15) is 19.7 Å². The minimum Gasteiger partial charge on any atom is -0.457 e. The first-order chi connectivity index (χ1) is 15.5. The Morgan fingerprint density at radius 1 is 0.750 bits per heavy atom. The highest BCUT2D eigenvalue weighted by Crippen LogP contribution is 2.25. The zero-order chi connectivity index (χ0) is 22.5. The predicted molar refractivity (Wildman–Crippen MR) is 118 cm³/mol. The lowest BCUT2D eigenvalue weighted by molar-refractivity contribution is -0.384. The van der Waals surface area contributed by atoms with Gasteiger partial charge in [0.05, 0.1) is 10.5 Å². The molecule has 158 valence electrons. The average molecular weight is 427 g/mol. The van der Waals surface area contributed by atoms with Gasteiger partial charge >= 0.3 is 5.97 Å². The second kappa shape index (κ2) is 9.09. The van der Waals surface area contributed by atoms with Gasteiger partial charge in [-0.2, -0.15) is 0 Å². The molecule has 4 aromatic rings. The van der Waals surface area contributed by atoms with Gasteiger partial charge in [-0.15, -0.1) is 0 Å². The van der Waals surface area contributed by atoms with E-state index in [1.807, 2.05) is 30.3 Å². The SMILES string of the molecule is O=C(COC(=O)c1cccc(Oc2ccc([N+](=O)[O-])cc2)c1)c1ccc2ccccc2c1. The molecule has 0 amide bonds. The summed E-state index contributed by atoms with van der Waals surface area (Å²) in [4.78, 5) is 35.1. The molecule has 0 spiro atoms. The van der Waals surface area contributed by atoms with Crippen molar-refractivity contribution in [1.82, 2.24) is 0 Å². The third kappa shape index (κ3) is 4.79. The second-order valence-electron chi connectivity index (χ2n) is 6.94. The van der Waals surface area contributed by atoms with Crippen molar-refractivity contribution in [3.8, 4) is 11.5 Å². The van der Waals surface area contributed by atoms with Crippen LogP contribution in [0.4, 0.5) is 5.69 Å². The largest absolute Gasteiger partial charge is 0.457 e. The van der Waals surface area contributed by atoms with Gasteiger partial charge in [-0.25, -0.2) is 4.79 Å². The summed E-state index contributed by atoms with van der Waals surface area (Å²) in [5.74, 6) is -0.225. The number of nitro benzene ring substituents is 1. The summed E-state index contributed by atoms with van der Waals surface area (Å²) >= 11 is 0. The maximum atomic E-state index is 12.5. The maximum Gasteiger partial charge on any atom is 0.338 e. The van der Waals surface area contributed by atoms with Crippen molar-refractivity contribution >= 4 is 28.2 Å². The molecule has 32 heavy (non-hydrogen) atoms. The molecule has 0 aliphatic carbocycles. The number of carbonyl (C=O) groups excluding carboxylic acids is 2. The van der Waals surface area contributed by atoms with Crippen molar-refractivity contribution in [1.29, 1.82) is 0 Å². The first-order valence-electron chi connectivity index (χ1n) is 9.71. The van der Waals surface area contributed by atoms with Crippen LogP contribution in [0.1, 0.15) is 20.7 Å². The van der Waals surface area contributed by atoms with Gasteiger partial charge in [-0.05, 0) is 47.2 Å². The van der Waals surface area contributed by atoms with Crippen LogP contribution < -0.4 is 4.74 Å². The van der Waals surface area contributed by atoms with Crippen molar-refractivity contribution in [2.45, 2.75) is 0 Å². The molecule has 0 aliphatic rings. The third-order valence-corrected chi connectivity index (χ3v) is 4.76. The zero-order valence-corrected chi connectivity index (χ0v) is 16.8. The highest BCUT2D eigenvalue weighted by molar-refractivity contribution is 6.02. The van der Waals surface area contributed by atoms with E-state index in [1.54, 1.807) is 30.3 Å². The van der Waals surface area contributed by atoms with Crippen LogP contribution in [0.2, 0.25) is 0 Å². The normalized spacial score (nSPS) is 10.5. The Kier molecular flexibility index (Phi) is 5.89. The number of fused-ring (bicyclic) bond motifs is 1. The first kappa shape index (κ1) is 20.7. The fourth-order valence-corrected chi connectivity index (χ4v) is 3.12. The van der Waals surface area contributed by atoms with Crippen LogP contribution in [-0.4, -0.2) is 23.3 Å². The molecule has 4 aromatic carbocycles. The molecular weight excluding hydrogens is 410 g/mol. The summed E-state index contributed by atoms with van der Waals surface area (Å²) in [5.41, 5.74) is 0.633. The summed E-state index contributed by atoms with van der Waals surface area (Å²) in [5, 5.41) is 12.7. The molecule has 0 atom stereocenters. The van der Waals surface area contributed by atoms with E-state index < -0.39 is 10.9 Å². The molecule has 0 bridgehead atoms. The lowest BCUT2D eigenvalue weighted by atomic mass is 10.0. The number of Topliss-reactive ketones (excluding diaryl/α,β-unsaturated/α-hetero) is 1. The van der Waals surface area contributed by atoms with Crippen LogP contribution in [0.3, 0.4) is 0 Å². The van der Waals surface area contributed by atoms with Gasteiger partial charge in [0, 0.05) is 17.7 Å². The number of esters is 1. The monoisotopic (exact) mass is 427 g/mol. The van der Waals surface area contributed by atoms with Crippen LogP contribution in [0.5, 0.6) is 11.5 Å². The summed E-state index contributed by atoms with van der Waals surface area (Å²) in [6, 6.07) is 24.9. The van der Waals surface area contributed by atoms with Crippen LogP contribution >= 0.6 is 0 Å². The van der Waals surface area contributed by atoms with Gasteiger partial charge in [0.15, 0.2) is 12.4 Å². The van der Waals surface area contributed by atoms with Crippen LogP contribution in [0.25, 0.3) is 10.8 Å². The molecule has 0 heterocycles. The Morgan fingerprint density at radius 2 is 1.50 bits per heavy atom. The van der Waals surface area contributed by atoms with Gasteiger partial charge in [0.1, 0.15) is 11.5 Å². The Balaban J connectivity index is 1.39. The topological polar surface area (TPSA) is 95.7 Å². The summed E-state index contributed by atoms with van der Waals surface area (Å²) in [6.07, 6.45) is 0. The van der Waals surface area contributed by atoms with E-state index in [1.165, 1.54) is 30.3 Å². The lowest BCUT2D eigenvalue weighted by Crippen LogP contribution is -2.14. The summed E-state index contributed by atoms with van der Waals surface area (Å²) < 4.78 is 10.8. The Morgan fingerprint density at radius 3 is 2.25 bits per heavy atom. The van der Waals surface area contributed by atoms with Crippen molar-refractivity contribution in [3.63, 3.8) is 0 Å². The van der Waals surface area contributed by atoms with Crippen molar-refractivity contribution in [2.24, 2.45) is 0 Å². The number of ketones is 1. The average Bonchev–Trinajstić information content (AvgIpc) is 2.82. The Bertz CT molecular complexity index is 1310. The van der Waals surface area contributed by atoms with Crippen LogP contribution in [0, 0.1) is 10.1 Å². The number of hydrogen-bond acceptors (Lipinski definition) is 6. The van der Waals surface area contributed by atoms with Gasteiger partial charge < -0.3 is 9.47 Å². The fraction of sp³-hybridized carbons (Fsp3) is 0.0400. The number of hydrogen-bond donors (Lipinski definition) is 0. The van der Waals surface area contributed by atoms with Gasteiger partial charge in [0.25, 0.3) is 5.69 Å². The molecule has 4 rings (SSSR count). The van der Waals surface area contributed by atoms with Gasteiger partial charge in [-0.3, -0.25) is 14.9 Å². The van der Waals surface area contributed by atoms with Crippen LogP contribution in [-0.2, 0) is 4.74 Å². The Labute approximate surface area is 183 Å². The maximum absolute atomic E-state index is 12.5. The zero-order valence-electron chi connectivity index (χ0n) is 16.8. The summed E-state index contributed by atoms with van der Waals surface area (Å²) in [7, 11) is 0. The lowest BCUT2D eigenvalue weighted by Gasteiger charge is -2.08. The second-order valence-corrected chi connectivity index (χ2v) is 6.94. The first-order valence-corrected chi connectivity index (χ1v) is 9.71. The molecule has 0 unspecified atom stereocenters. The van der Waals surface area contributed by atoms with E-state index in [2.05, 4.69) is 0 Å². The molecule has 0 aromatic heterocycles. The Hall–Kier alpha value is -4.52. The predicted octanol–water partition coefficient (Wildman–Crippen LogP) is 5.58. The highest BCUT2D eigenvalue weighted by Gasteiger charge is 2.13. The molecule has 7 heteroatoms. The number of rotatable bonds is 7. The van der Waals surface area contributed by atoms with E-state index in [0.717, 1.165) is 10.8 Å². The number of nitro groups is 1. The van der Waals surface area contributed by atoms with Crippen molar-refractivity contribution in [2.75, 3.05) is 6.61 Å². The third-order valence-electron chi connectivity index (χ3n) is 4.76. The molecule has 0 saturated carbocycles. The molecule has 7 nitrogen and oxygen atoms in total. The van der Waals surface area contributed by atoms with Crippen molar-refractivity contribution in [3.05, 3.63) is 112 Å². The van der Waals surface area contributed by atoms with E-state index in [4.69, 9.17) is 9.47 Å². The number of carbonyl (C=O) groups is 2. The van der Waals surface area contributed by atoms with E-state index >= 15 is 0 Å². The van der Waals surface area contributed by atoms with E-state index in [-0.39, 0.29) is 23.6 Å². The molecule has 0 N–H and O–H groups in total. The smallest absolute Gasteiger partial charge is 0.338 e. The number of nitrogens with zero attached hydrogens (tertiary/aromatic N) is 1. The number of ether oxygens (including phenoxy) is 2. The number of non-ortho nitro benzene ring substituents is 1. The number of benzene rings is 4. The molecule has 0 aliphatic heterocycles. The van der Waals surface area contributed by atoms with Crippen LogP contribution in [0.15, 0.2) is 91.0 Å². The highest BCUT2D eigenvalue weighted by atomic mass is 16.6. The molecular formula is C25H17NO6. The van der Waals surface area contributed by atoms with Gasteiger partial charge in [-0.1, -0.05) is 42.5 Å². The summed E-state index contributed by atoms with van der Waals surface area (Å²) in [6.45, 7) is -0.384. The minimum atomic E-state index is -0.659. The quantitative estimate of drug-likeness (QED) is 0.165.